The number of carbonyl (C=O) groups excluding carboxylic acids is 2. The molecule has 90 valence electrons. The summed E-state index contributed by atoms with van der Waals surface area (Å²) in [4.78, 5) is 24.7. The van der Waals surface area contributed by atoms with E-state index in [0.717, 1.165) is 5.69 Å². The van der Waals surface area contributed by atoms with Crippen molar-refractivity contribution >= 4 is 29.2 Å². The Labute approximate surface area is 104 Å². The maximum Gasteiger partial charge on any atom is 0.311 e. The number of anilines is 1. The third-order valence-electron chi connectivity index (χ3n) is 2.80. The molecule has 1 saturated heterocycles. The molecule has 1 amide bonds. The van der Waals surface area contributed by atoms with Crippen molar-refractivity contribution in [1.82, 2.24) is 0 Å². The van der Waals surface area contributed by atoms with Gasteiger partial charge in [0.15, 0.2) is 0 Å². The fourth-order valence-corrected chi connectivity index (χ4v) is 2.03. The number of hydrogen-bond acceptors (Lipinski definition) is 3. The van der Waals surface area contributed by atoms with E-state index in [1.165, 1.54) is 7.11 Å². The molecule has 1 fully saturated rings. The minimum atomic E-state index is -0.372. The zero-order valence-corrected chi connectivity index (χ0v) is 10.1. The molecular formula is C12H12ClNO3. The van der Waals surface area contributed by atoms with Crippen molar-refractivity contribution in [3.63, 3.8) is 0 Å². The fraction of sp³-hybridized carbons (Fsp3) is 0.333. The van der Waals surface area contributed by atoms with Gasteiger partial charge in [-0.05, 0) is 24.3 Å². The number of nitrogens with zero attached hydrogens (tertiary/aromatic N) is 1. The van der Waals surface area contributed by atoms with Gasteiger partial charge in [0.25, 0.3) is 0 Å². The first kappa shape index (κ1) is 11.9. The summed E-state index contributed by atoms with van der Waals surface area (Å²) in [6.45, 7) is 0.368. The second-order valence-electron chi connectivity index (χ2n) is 3.90. The molecule has 1 heterocycles. The monoisotopic (exact) mass is 253 g/mol. The van der Waals surface area contributed by atoms with Gasteiger partial charge in [0.2, 0.25) is 5.91 Å². The van der Waals surface area contributed by atoms with Crippen LogP contribution in [0.4, 0.5) is 5.69 Å². The van der Waals surface area contributed by atoms with Crippen molar-refractivity contribution in [2.24, 2.45) is 5.92 Å². The van der Waals surface area contributed by atoms with Crippen molar-refractivity contribution in [3.05, 3.63) is 29.3 Å². The van der Waals surface area contributed by atoms with Crippen LogP contribution in [-0.2, 0) is 14.3 Å². The van der Waals surface area contributed by atoms with E-state index in [1.54, 1.807) is 29.2 Å². The van der Waals surface area contributed by atoms with E-state index in [1.807, 2.05) is 0 Å². The molecule has 1 aliphatic rings. The van der Waals surface area contributed by atoms with Crippen LogP contribution in [0.25, 0.3) is 0 Å². The maximum absolute atomic E-state index is 11.8. The van der Waals surface area contributed by atoms with Crippen molar-refractivity contribution < 1.29 is 14.3 Å². The highest BCUT2D eigenvalue weighted by Gasteiger charge is 2.35. The van der Waals surface area contributed by atoms with Crippen LogP contribution in [0.5, 0.6) is 0 Å². The second kappa shape index (κ2) is 4.75. The van der Waals surface area contributed by atoms with Gasteiger partial charge in [-0.1, -0.05) is 11.6 Å². The van der Waals surface area contributed by atoms with Gasteiger partial charge in [-0.3, -0.25) is 9.59 Å². The van der Waals surface area contributed by atoms with Gasteiger partial charge in [-0.2, -0.15) is 0 Å². The van der Waals surface area contributed by atoms with E-state index in [-0.39, 0.29) is 24.2 Å². The summed E-state index contributed by atoms with van der Waals surface area (Å²) < 4.78 is 4.65. The predicted molar refractivity (Wildman–Crippen MR) is 63.9 cm³/mol. The molecule has 17 heavy (non-hydrogen) atoms. The Morgan fingerprint density at radius 3 is 2.65 bits per heavy atom. The molecule has 1 aromatic carbocycles. The molecule has 5 heteroatoms. The van der Waals surface area contributed by atoms with Crippen LogP contribution in [-0.4, -0.2) is 25.5 Å². The van der Waals surface area contributed by atoms with Crippen LogP contribution >= 0.6 is 11.6 Å². The highest BCUT2D eigenvalue weighted by atomic mass is 35.5. The number of carbonyl (C=O) groups is 2. The van der Waals surface area contributed by atoms with Crippen LogP contribution in [0.1, 0.15) is 6.42 Å². The van der Waals surface area contributed by atoms with Crippen LogP contribution in [0, 0.1) is 5.92 Å². The summed E-state index contributed by atoms with van der Waals surface area (Å²) in [6.07, 6.45) is 0.204. The molecule has 2 rings (SSSR count). The summed E-state index contributed by atoms with van der Waals surface area (Å²) in [5.41, 5.74) is 0.755. The SMILES string of the molecule is COC(=O)[C@@H]1CC(=O)N(c2ccc(Cl)cc2)C1. The molecule has 0 unspecified atom stereocenters. The Balaban J connectivity index is 2.15. The third-order valence-corrected chi connectivity index (χ3v) is 3.05. The maximum atomic E-state index is 11.8. The zero-order chi connectivity index (χ0) is 12.4. The molecule has 0 aromatic heterocycles. The topological polar surface area (TPSA) is 46.6 Å². The summed E-state index contributed by atoms with van der Waals surface area (Å²) in [7, 11) is 1.33. The summed E-state index contributed by atoms with van der Waals surface area (Å²) in [5.74, 6) is -0.777. The van der Waals surface area contributed by atoms with Crippen LogP contribution in [0.3, 0.4) is 0 Å². The molecule has 0 N–H and O–H groups in total. The number of amides is 1. The van der Waals surface area contributed by atoms with Gasteiger partial charge in [-0.15, -0.1) is 0 Å². The van der Waals surface area contributed by atoms with E-state index in [4.69, 9.17) is 11.6 Å². The number of rotatable bonds is 2. The highest BCUT2D eigenvalue weighted by molar-refractivity contribution is 6.30. The van der Waals surface area contributed by atoms with Crippen LogP contribution in [0.2, 0.25) is 5.02 Å². The Morgan fingerprint density at radius 1 is 1.41 bits per heavy atom. The summed E-state index contributed by atoms with van der Waals surface area (Å²) in [5, 5.41) is 0.616. The van der Waals surface area contributed by atoms with Gasteiger partial charge >= 0.3 is 5.97 Å². The lowest BCUT2D eigenvalue weighted by Crippen LogP contribution is -2.26. The molecule has 0 saturated carbocycles. The molecule has 0 aliphatic carbocycles. The molecule has 0 bridgehead atoms. The normalized spacial score (nSPS) is 19.5. The van der Waals surface area contributed by atoms with Gasteiger partial charge in [0.05, 0.1) is 13.0 Å². The van der Waals surface area contributed by atoms with Gasteiger partial charge in [0.1, 0.15) is 0 Å². The average molecular weight is 254 g/mol. The highest BCUT2D eigenvalue weighted by Crippen LogP contribution is 2.26. The molecule has 1 atom stereocenters. The Hall–Kier alpha value is -1.55. The van der Waals surface area contributed by atoms with Gasteiger partial charge in [0, 0.05) is 23.7 Å². The zero-order valence-electron chi connectivity index (χ0n) is 9.35. The number of halogens is 1. The van der Waals surface area contributed by atoms with E-state index in [9.17, 15) is 9.59 Å². The van der Waals surface area contributed by atoms with Crippen molar-refractivity contribution in [3.8, 4) is 0 Å². The van der Waals surface area contributed by atoms with Gasteiger partial charge in [-0.25, -0.2) is 0 Å². The number of esters is 1. The number of hydrogen-bond donors (Lipinski definition) is 0. The van der Waals surface area contributed by atoms with Crippen molar-refractivity contribution in [2.45, 2.75) is 6.42 Å². The quantitative estimate of drug-likeness (QED) is 0.756. The minimum absolute atomic E-state index is 0.0669. The molecule has 1 aliphatic heterocycles. The summed E-state index contributed by atoms with van der Waals surface area (Å²) >= 11 is 5.78. The van der Waals surface area contributed by atoms with Crippen LogP contribution in [0.15, 0.2) is 24.3 Å². The van der Waals surface area contributed by atoms with E-state index in [2.05, 4.69) is 4.74 Å². The standard InChI is InChI=1S/C12H12ClNO3/c1-17-12(16)8-6-11(15)14(7-8)10-4-2-9(13)3-5-10/h2-5,8H,6-7H2,1H3/t8-/m1/s1. The molecule has 0 radical (unpaired) electrons. The molecular weight excluding hydrogens is 242 g/mol. The first-order valence-electron chi connectivity index (χ1n) is 5.25. The molecule has 1 aromatic rings. The molecule has 0 spiro atoms. The average Bonchev–Trinajstić information content (AvgIpc) is 2.71. The van der Waals surface area contributed by atoms with Crippen LogP contribution < -0.4 is 4.90 Å². The predicted octanol–water partition coefficient (Wildman–Crippen LogP) is 1.87. The number of methoxy groups -OCH3 is 1. The molecule has 4 nitrogen and oxygen atoms in total. The first-order chi connectivity index (χ1) is 8.11. The lowest BCUT2D eigenvalue weighted by molar-refractivity contribution is -0.145. The smallest absolute Gasteiger partial charge is 0.311 e. The lowest BCUT2D eigenvalue weighted by Gasteiger charge is -2.16. The summed E-state index contributed by atoms with van der Waals surface area (Å²) in [6, 6.07) is 6.96. The van der Waals surface area contributed by atoms with Crippen molar-refractivity contribution in [1.29, 1.82) is 0 Å². The van der Waals surface area contributed by atoms with E-state index < -0.39 is 0 Å². The second-order valence-corrected chi connectivity index (χ2v) is 4.34. The Bertz CT molecular complexity index is 444. The fourth-order valence-electron chi connectivity index (χ4n) is 1.90. The third kappa shape index (κ3) is 2.42. The largest absolute Gasteiger partial charge is 0.469 e. The van der Waals surface area contributed by atoms with E-state index in [0.29, 0.717) is 11.6 Å². The van der Waals surface area contributed by atoms with Gasteiger partial charge < -0.3 is 9.64 Å². The Kier molecular flexibility index (Phi) is 3.33. The minimum Gasteiger partial charge on any atom is -0.469 e. The lowest BCUT2D eigenvalue weighted by atomic mass is 10.1. The van der Waals surface area contributed by atoms with E-state index >= 15 is 0 Å². The number of benzene rings is 1. The van der Waals surface area contributed by atoms with Crippen molar-refractivity contribution in [2.75, 3.05) is 18.6 Å². The first-order valence-corrected chi connectivity index (χ1v) is 5.63. The number of ether oxygens (including phenoxy) is 1. The Morgan fingerprint density at radius 2 is 2.06 bits per heavy atom.